The van der Waals surface area contributed by atoms with E-state index in [2.05, 4.69) is 62.5 Å². The summed E-state index contributed by atoms with van der Waals surface area (Å²) in [6.45, 7) is 4.29. The number of rotatable bonds is 36. The largest absolute Gasteiger partial charge is 0.472 e. The molecule has 1 N–H and O–H groups in total. The van der Waals surface area contributed by atoms with Gasteiger partial charge in [0.2, 0.25) is 0 Å². The summed E-state index contributed by atoms with van der Waals surface area (Å²) in [5, 5.41) is 0. The van der Waals surface area contributed by atoms with Crippen molar-refractivity contribution in [3.63, 3.8) is 0 Å². The van der Waals surface area contributed by atoms with Crippen LogP contribution in [0.15, 0.2) is 48.6 Å². The number of carbonyl (C=O) groups excluding carboxylic acids is 2. The van der Waals surface area contributed by atoms with Crippen molar-refractivity contribution in [1.29, 1.82) is 0 Å². The number of nitrogens with zero attached hydrogens (tertiary/aromatic N) is 1. The molecular formula is C42H77NO8P+. The lowest BCUT2D eigenvalue weighted by Gasteiger charge is -2.24. The summed E-state index contributed by atoms with van der Waals surface area (Å²) < 4.78 is 34.2. The molecule has 2 atom stereocenters. The third-order valence-corrected chi connectivity index (χ3v) is 9.32. The lowest BCUT2D eigenvalue weighted by molar-refractivity contribution is -0.870. The van der Waals surface area contributed by atoms with Crippen molar-refractivity contribution in [1.82, 2.24) is 0 Å². The van der Waals surface area contributed by atoms with Crippen LogP contribution in [-0.4, -0.2) is 74.9 Å². The third-order valence-electron chi connectivity index (χ3n) is 8.33. The van der Waals surface area contributed by atoms with Gasteiger partial charge in [-0.25, -0.2) is 4.57 Å². The zero-order chi connectivity index (χ0) is 38.6. The predicted octanol–water partition coefficient (Wildman–Crippen LogP) is 11.1. The lowest BCUT2D eigenvalue weighted by Crippen LogP contribution is -2.37. The second-order valence-electron chi connectivity index (χ2n) is 14.7. The van der Waals surface area contributed by atoms with Crippen LogP contribution >= 0.6 is 7.82 Å². The van der Waals surface area contributed by atoms with Crippen molar-refractivity contribution >= 4 is 19.8 Å². The highest BCUT2D eigenvalue weighted by atomic mass is 31.2. The molecule has 9 nitrogen and oxygen atoms in total. The van der Waals surface area contributed by atoms with Crippen LogP contribution in [0.25, 0.3) is 0 Å². The van der Waals surface area contributed by atoms with Crippen LogP contribution in [-0.2, 0) is 32.7 Å². The molecule has 0 aliphatic carbocycles. The molecule has 0 aliphatic heterocycles. The van der Waals surface area contributed by atoms with E-state index in [-0.39, 0.29) is 32.0 Å². The van der Waals surface area contributed by atoms with Gasteiger partial charge in [-0.05, 0) is 64.2 Å². The number of quaternary nitrogens is 1. The van der Waals surface area contributed by atoms with Crippen molar-refractivity contribution in [2.24, 2.45) is 0 Å². The van der Waals surface area contributed by atoms with Crippen molar-refractivity contribution in [3.8, 4) is 0 Å². The molecule has 0 saturated carbocycles. The van der Waals surface area contributed by atoms with Gasteiger partial charge in [-0.15, -0.1) is 0 Å². The van der Waals surface area contributed by atoms with Gasteiger partial charge in [0.1, 0.15) is 19.8 Å². The fourth-order valence-corrected chi connectivity index (χ4v) is 5.79. The molecule has 1 unspecified atom stereocenters. The molecule has 302 valence electrons. The van der Waals surface area contributed by atoms with Crippen LogP contribution in [0, 0.1) is 0 Å². The van der Waals surface area contributed by atoms with E-state index >= 15 is 0 Å². The Bertz CT molecular complexity index is 1030. The number of likely N-dealkylation sites (N-methyl/N-ethyl adjacent to an activating group) is 1. The highest BCUT2D eigenvalue weighted by Crippen LogP contribution is 2.43. The SMILES string of the molecule is CCCC/C=C/C/C=C/CCCCCCCC(=O)OC[C@H](COP(=O)(O)OCC[N+](C)(C)C)OC(=O)CCCCCCC/C=C/C/C=C/CCCC. The van der Waals surface area contributed by atoms with Gasteiger partial charge in [0, 0.05) is 12.8 Å². The van der Waals surface area contributed by atoms with Crippen molar-refractivity contribution in [3.05, 3.63) is 48.6 Å². The third kappa shape index (κ3) is 37.7. The number of esters is 2. The van der Waals surface area contributed by atoms with Gasteiger partial charge in [0.15, 0.2) is 6.10 Å². The quantitative estimate of drug-likeness (QED) is 0.0221. The monoisotopic (exact) mass is 755 g/mol. The molecule has 0 aromatic heterocycles. The summed E-state index contributed by atoms with van der Waals surface area (Å²) in [6.07, 6.45) is 38.6. The Labute approximate surface area is 318 Å². The van der Waals surface area contributed by atoms with Crippen LogP contribution in [0.2, 0.25) is 0 Å². The standard InChI is InChI=1S/C42H76NO8P/c1-6-8-10-12-14-16-18-20-22-24-26-28-30-32-34-41(44)48-38-40(39-50-52(46,47)49-37-36-43(3,4)5)51-42(45)35-33-31-29-27-25-23-21-19-17-15-13-11-9-7-2/h12-15,18-21,40H,6-11,16-17,22-39H2,1-5H3/p+1/b14-12+,15-13+,20-18+,21-19+/t40-/m1/s1. The molecular weight excluding hydrogens is 677 g/mol. The van der Waals surface area contributed by atoms with Gasteiger partial charge in [-0.2, -0.15) is 0 Å². The van der Waals surface area contributed by atoms with Crippen molar-refractivity contribution < 1.29 is 42.1 Å². The number of unbranched alkanes of at least 4 members (excludes halogenated alkanes) is 14. The van der Waals surface area contributed by atoms with E-state index in [1.165, 1.54) is 25.7 Å². The summed E-state index contributed by atoms with van der Waals surface area (Å²) in [6, 6.07) is 0. The zero-order valence-electron chi connectivity index (χ0n) is 33.8. The molecule has 10 heteroatoms. The average molecular weight is 755 g/mol. The first kappa shape index (κ1) is 50.0. The van der Waals surface area contributed by atoms with Gasteiger partial charge in [0.05, 0.1) is 27.7 Å². The van der Waals surface area contributed by atoms with Gasteiger partial charge in [0.25, 0.3) is 0 Å². The van der Waals surface area contributed by atoms with Crippen LogP contribution in [0.3, 0.4) is 0 Å². The topological polar surface area (TPSA) is 108 Å². The Hall–Kier alpha value is -2.03. The van der Waals surface area contributed by atoms with Crippen LogP contribution < -0.4 is 0 Å². The van der Waals surface area contributed by atoms with Gasteiger partial charge in [-0.3, -0.25) is 18.6 Å². The Kier molecular flexibility index (Phi) is 33.4. The smallest absolute Gasteiger partial charge is 0.462 e. The second-order valence-corrected chi connectivity index (χ2v) is 16.1. The maximum atomic E-state index is 12.6. The summed E-state index contributed by atoms with van der Waals surface area (Å²) in [7, 11) is 1.45. The molecule has 0 spiro atoms. The molecule has 0 aliphatic rings. The molecule has 52 heavy (non-hydrogen) atoms. The predicted molar refractivity (Wildman–Crippen MR) is 215 cm³/mol. The van der Waals surface area contributed by atoms with Crippen LogP contribution in [0.1, 0.15) is 155 Å². The molecule has 0 heterocycles. The Morgan fingerprint density at radius 2 is 1.04 bits per heavy atom. The van der Waals surface area contributed by atoms with Crippen LogP contribution in [0.4, 0.5) is 0 Å². The molecule has 0 aromatic rings. The number of allylic oxidation sites excluding steroid dienone is 8. The molecule has 0 bridgehead atoms. The number of phosphoric acid groups is 1. The van der Waals surface area contributed by atoms with E-state index in [0.29, 0.717) is 17.4 Å². The van der Waals surface area contributed by atoms with E-state index < -0.39 is 26.5 Å². The highest BCUT2D eigenvalue weighted by molar-refractivity contribution is 7.47. The molecule has 0 fully saturated rings. The fraction of sp³-hybridized carbons (Fsp3) is 0.762. The van der Waals surface area contributed by atoms with E-state index in [1.807, 2.05) is 21.1 Å². The summed E-state index contributed by atoms with van der Waals surface area (Å²) in [5.74, 6) is -0.836. The lowest BCUT2D eigenvalue weighted by atomic mass is 10.1. The van der Waals surface area contributed by atoms with Crippen LogP contribution in [0.5, 0.6) is 0 Å². The summed E-state index contributed by atoms with van der Waals surface area (Å²) in [4.78, 5) is 35.2. The first-order chi connectivity index (χ1) is 25.0. The fourth-order valence-electron chi connectivity index (χ4n) is 5.04. The Morgan fingerprint density at radius 3 is 1.52 bits per heavy atom. The Morgan fingerprint density at radius 1 is 0.596 bits per heavy atom. The van der Waals surface area contributed by atoms with Gasteiger partial charge >= 0.3 is 19.8 Å². The number of phosphoric ester groups is 1. The molecule has 0 amide bonds. The first-order valence-electron chi connectivity index (χ1n) is 20.4. The summed E-state index contributed by atoms with van der Waals surface area (Å²) in [5.41, 5.74) is 0. The number of ether oxygens (including phenoxy) is 2. The molecule has 0 aromatic carbocycles. The number of hydrogen-bond donors (Lipinski definition) is 1. The molecule has 0 radical (unpaired) electrons. The zero-order valence-corrected chi connectivity index (χ0v) is 34.7. The van der Waals surface area contributed by atoms with Gasteiger partial charge < -0.3 is 18.9 Å². The van der Waals surface area contributed by atoms with Crippen molar-refractivity contribution in [2.75, 3.05) is 47.5 Å². The molecule has 0 rings (SSSR count). The minimum Gasteiger partial charge on any atom is -0.462 e. The normalized spacial score (nSPS) is 14.2. The average Bonchev–Trinajstić information content (AvgIpc) is 3.09. The van der Waals surface area contributed by atoms with Crippen molar-refractivity contribution in [2.45, 2.75) is 161 Å². The van der Waals surface area contributed by atoms with E-state index in [9.17, 15) is 19.0 Å². The number of carbonyl (C=O) groups is 2. The maximum Gasteiger partial charge on any atom is 0.472 e. The molecule has 0 saturated heterocycles. The maximum absolute atomic E-state index is 12.6. The highest BCUT2D eigenvalue weighted by Gasteiger charge is 2.27. The van der Waals surface area contributed by atoms with Gasteiger partial charge in [-0.1, -0.05) is 127 Å². The minimum atomic E-state index is -4.38. The number of hydrogen-bond acceptors (Lipinski definition) is 7. The summed E-state index contributed by atoms with van der Waals surface area (Å²) >= 11 is 0. The minimum absolute atomic E-state index is 0.0248. The first-order valence-corrected chi connectivity index (χ1v) is 21.9. The second kappa shape index (κ2) is 34.7. The Balaban J connectivity index is 4.46. The van der Waals surface area contributed by atoms with E-state index in [1.54, 1.807) is 0 Å². The van der Waals surface area contributed by atoms with E-state index in [0.717, 1.165) is 96.3 Å². The van der Waals surface area contributed by atoms with E-state index in [4.69, 9.17) is 18.5 Å².